The average Bonchev–Trinajstić information content (AvgIpc) is 3.50. The van der Waals surface area contributed by atoms with E-state index in [4.69, 9.17) is 4.99 Å². The Morgan fingerprint density at radius 1 is 1.27 bits per heavy atom. The van der Waals surface area contributed by atoms with E-state index >= 15 is 0 Å². The molecule has 4 rings (SSSR count). The number of aliphatic hydroxyl groups is 1. The fraction of sp³-hybridized carbons (Fsp3) is 0.370. The topological polar surface area (TPSA) is 124 Å². The molecule has 1 fully saturated rings. The molecule has 37 heavy (non-hydrogen) atoms. The van der Waals surface area contributed by atoms with Crippen molar-refractivity contribution >= 4 is 22.8 Å². The van der Waals surface area contributed by atoms with Gasteiger partial charge in [0.1, 0.15) is 17.5 Å². The second-order valence-electron chi connectivity index (χ2n) is 9.77. The number of aliphatic imine (C=N–C) groups is 1. The van der Waals surface area contributed by atoms with Crippen LogP contribution in [0.5, 0.6) is 0 Å². The van der Waals surface area contributed by atoms with Crippen LogP contribution >= 0.6 is 0 Å². The summed E-state index contributed by atoms with van der Waals surface area (Å²) in [4.78, 5) is 19.0. The first kappa shape index (κ1) is 25.9. The predicted molar refractivity (Wildman–Crippen MR) is 142 cm³/mol. The summed E-state index contributed by atoms with van der Waals surface area (Å²) >= 11 is 0. The van der Waals surface area contributed by atoms with Gasteiger partial charge in [-0.15, -0.1) is 0 Å². The zero-order valence-corrected chi connectivity index (χ0v) is 21.6. The highest BCUT2D eigenvalue weighted by atomic mass is 16.3. The number of nitrogens with zero attached hydrogens (tertiary/aromatic N) is 7. The summed E-state index contributed by atoms with van der Waals surface area (Å²) in [6, 6.07) is 4.25. The number of likely N-dealkylation sites (tertiary alicyclic amines) is 1. The van der Waals surface area contributed by atoms with E-state index in [0.29, 0.717) is 11.1 Å². The van der Waals surface area contributed by atoms with Crippen LogP contribution < -0.4 is 5.32 Å². The number of aromatic nitrogens is 4. The minimum absolute atomic E-state index is 0.0250. The van der Waals surface area contributed by atoms with E-state index in [1.165, 1.54) is 13.8 Å². The van der Waals surface area contributed by atoms with Gasteiger partial charge < -0.3 is 15.3 Å². The summed E-state index contributed by atoms with van der Waals surface area (Å²) in [5, 5.41) is 31.1. The Bertz CT molecular complexity index is 1420. The number of aryl methyl sites for hydroxylation is 1. The second kappa shape index (κ2) is 10.4. The molecule has 10 nitrogen and oxygen atoms in total. The lowest BCUT2D eigenvalue weighted by atomic mass is 10.0. The van der Waals surface area contributed by atoms with Gasteiger partial charge in [0.05, 0.1) is 23.5 Å². The van der Waals surface area contributed by atoms with Crippen LogP contribution in [-0.4, -0.2) is 65.9 Å². The van der Waals surface area contributed by atoms with Gasteiger partial charge in [0.2, 0.25) is 0 Å². The molecule has 3 aromatic rings. The largest absolute Gasteiger partial charge is 0.381 e. The summed E-state index contributed by atoms with van der Waals surface area (Å²) in [6.07, 6.45) is 12.2. The van der Waals surface area contributed by atoms with Crippen molar-refractivity contribution in [2.24, 2.45) is 12.0 Å². The molecule has 1 aliphatic heterocycles. The maximum atomic E-state index is 12.1. The van der Waals surface area contributed by atoms with Crippen LogP contribution in [-0.2, 0) is 11.8 Å². The fourth-order valence-electron chi connectivity index (χ4n) is 4.34. The number of nitriles is 1. The molecule has 0 radical (unpaired) electrons. The molecule has 0 spiro atoms. The lowest BCUT2D eigenvalue weighted by Gasteiger charge is -2.34. The van der Waals surface area contributed by atoms with Crippen LogP contribution in [0.2, 0.25) is 0 Å². The molecule has 1 aliphatic rings. The quantitative estimate of drug-likeness (QED) is 0.305. The first-order valence-corrected chi connectivity index (χ1v) is 12.2. The number of pyridine rings is 1. The molecule has 0 unspecified atom stereocenters. The number of fused-ring (bicyclic) bond motifs is 1. The van der Waals surface area contributed by atoms with Crippen molar-refractivity contribution in [1.82, 2.24) is 29.6 Å². The molecule has 10 heteroatoms. The third kappa shape index (κ3) is 5.62. The Labute approximate surface area is 216 Å². The van der Waals surface area contributed by atoms with Crippen molar-refractivity contribution in [3.63, 3.8) is 0 Å². The summed E-state index contributed by atoms with van der Waals surface area (Å²) in [7, 11) is 1.86. The van der Waals surface area contributed by atoms with E-state index < -0.39 is 5.60 Å². The van der Waals surface area contributed by atoms with Gasteiger partial charge in [-0.05, 0) is 39.7 Å². The normalized spacial score (nSPS) is 15.6. The number of rotatable bonds is 6. The summed E-state index contributed by atoms with van der Waals surface area (Å²) in [6.45, 7) is 10.4. The fourth-order valence-corrected chi connectivity index (χ4v) is 4.34. The molecular formula is C27H32N8O2. The van der Waals surface area contributed by atoms with Gasteiger partial charge in [0.25, 0.3) is 5.91 Å². The molecule has 0 bridgehead atoms. The Morgan fingerprint density at radius 3 is 2.59 bits per heavy atom. The molecule has 0 aromatic carbocycles. The summed E-state index contributed by atoms with van der Waals surface area (Å²) in [5.41, 5.74) is 3.18. The van der Waals surface area contributed by atoms with E-state index in [9.17, 15) is 15.2 Å². The minimum atomic E-state index is -1.39. The highest BCUT2D eigenvalue weighted by Gasteiger charge is 2.28. The molecule has 3 aromatic heterocycles. The zero-order valence-electron chi connectivity index (χ0n) is 21.6. The second-order valence-corrected chi connectivity index (χ2v) is 9.77. The third-order valence-electron chi connectivity index (χ3n) is 6.54. The van der Waals surface area contributed by atoms with Crippen LogP contribution in [0.4, 0.5) is 0 Å². The van der Waals surface area contributed by atoms with Crippen molar-refractivity contribution in [3.8, 4) is 17.2 Å². The van der Waals surface area contributed by atoms with E-state index in [1.807, 2.05) is 32.4 Å². The van der Waals surface area contributed by atoms with Crippen LogP contribution in [0.15, 0.2) is 54.7 Å². The molecule has 4 heterocycles. The molecule has 0 aliphatic carbocycles. The van der Waals surface area contributed by atoms with Crippen molar-refractivity contribution < 1.29 is 9.90 Å². The number of hydrogen-bond acceptors (Lipinski definition) is 6. The van der Waals surface area contributed by atoms with Crippen molar-refractivity contribution in [1.29, 1.82) is 5.26 Å². The number of amidine groups is 1. The average molecular weight is 501 g/mol. The minimum Gasteiger partial charge on any atom is -0.381 e. The standard InChI is InChI=1S/C27H32N8O2/c1-6-19(13-29-18(2)34-9-7-23(8-10-34)32-26(36)27(3,4)37)24-11-20(22-15-30-33(5)16-22)17-35-25(24)21(12-28)14-31-35/h6,11,13-17,23,37H,1,7-10H2,2-5H3,(H,32,36)/b19-13+,29-18+. The predicted octanol–water partition coefficient (Wildman–Crippen LogP) is 2.90. The van der Waals surface area contributed by atoms with Gasteiger partial charge in [-0.3, -0.25) is 9.48 Å². The zero-order chi connectivity index (χ0) is 26.7. The van der Waals surface area contributed by atoms with Crippen molar-refractivity contribution in [3.05, 3.63) is 60.8 Å². The Hall–Kier alpha value is -4.23. The molecule has 1 saturated heterocycles. The lowest BCUT2D eigenvalue weighted by molar-refractivity contribution is -0.137. The van der Waals surface area contributed by atoms with Gasteiger partial charge >= 0.3 is 0 Å². The van der Waals surface area contributed by atoms with Crippen LogP contribution in [0, 0.1) is 11.3 Å². The maximum Gasteiger partial charge on any atom is 0.251 e. The monoisotopic (exact) mass is 500 g/mol. The number of piperidine rings is 1. The number of hydrogen-bond donors (Lipinski definition) is 2. The Balaban J connectivity index is 1.59. The molecule has 0 saturated carbocycles. The molecule has 1 amide bonds. The van der Waals surface area contributed by atoms with E-state index in [-0.39, 0.29) is 11.9 Å². The van der Waals surface area contributed by atoms with Gasteiger partial charge in [-0.25, -0.2) is 9.51 Å². The highest BCUT2D eigenvalue weighted by molar-refractivity contribution is 5.90. The SMILES string of the molecule is C=C/C(=C\N=C(/C)N1CCC(NC(=O)C(C)(C)O)CC1)c1cc(-c2cnn(C)c2)cn2ncc(C#N)c12. The van der Waals surface area contributed by atoms with Gasteiger partial charge in [0.15, 0.2) is 0 Å². The van der Waals surface area contributed by atoms with Crippen LogP contribution in [0.1, 0.15) is 44.7 Å². The number of carbonyl (C=O) groups is 1. The van der Waals surface area contributed by atoms with E-state index in [0.717, 1.165) is 54.0 Å². The Kier molecular flexibility index (Phi) is 7.27. The molecular weight excluding hydrogens is 468 g/mol. The number of amides is 1. The van der Waals surface area contributed by atoms with Crippen LogP contribution in [0.25, 0.3) is 22.2 Å². The molecule has 2 N–H and O–H groups in total. The van der Waals surface area contributed by atoms with Crippen molar-refractivity contribution in [2.45, 2.75) is 45.3 Å². The highest BCUT2D eigenvalue weighted by Crippen LogP contribution is 2.30. The van der Waals surface area contributed by atoms with Gasteiger partial charge in [-0.2, -0.15) is 15.5 Å². The Morgan fingerprint density at radius 2 is 2.00 bits per heavy atom. The number of nitrogens with one attached hydrogen (secondary N) is 1. The smallest absolute Gasteiger partial charge is 0.251 e. The third-order valence-corrected chi connectivity index (χ3v) is 6.54. The molecule has 192 valence electrons. The number of allylic oxidation sites excluding steroid dienone is 2. The van der Waals surface area contributed by atoms with Crippen molar-refractivity contribution in [2.75, 3.05) is 13.1 Å². The van der Waals surface area contributed by atoms with Gasteiger partial charge in [0, 0.05) is 67.0 Å². The maximum absolute atomic E-state index is 12.1. The molecule has 0 atom stereocenters. The first-order chi connectivity index (χ1) is 17.6. The van der Waals surface area contributed by atoms with E-state index in [2.05, 4.69) is 33.1 Å². The first-order valence-electron chi connectivity index (χ1n) is 12.2. The number of carbonyl (C=O) groups excluding carboxylic acids is 1. The van der Waals surface area contributed by atoms with Crippen LogP contribution in [0.3, 0.4) is 0 Å². The lowest BCUT2D eigenvalue weighted by Crippen LogP contribution is -2.51. The summed E-state index contributed by atoms with van der Waals surface area (Å²) in [5.74, 6) is 0.492. The van der Waals surface area contributed by atoms with Gasteiger partial charge in [-0.1, -0.05) is 12.7 Å². The summed E-state index contributed by atoms with van der Waals surface area (Å²) < 4.78 is 3.44. The van der Waals surface area contributed by atoms with E-state index in [1.54, 1.807) is 33.9 Å².